The molecule has 1 aromatic heterocycles. The molecular weight excluding hydrogens is 266 g/mol. The van der Waals surface area contributed by atoms with E-state index in [1.165, 1.54) is 0 Å². The zero-order valence-electron chi connectivity index (χ0n) is 11.2. The second-order valence-corrected chi connectivity index (χ2v) is 4.78. The summed E-state index contributed by atoms with van der Waals surface area (Å²) in [5, 5.41) is 13.7. The number of rotatable bonds is 3. The molecular formula is C16H13N3O2. The Labute approximate surface area is 121 Å². The van der Waals surface area contributed by atoms with Crippen molar-refractivity contribution in [1.82, 2.24) is 10.2 Å². The molecule has 0 bridgehead atoms. The van der Waals surface area contributed by atoms with Crippen molar-refractivity contribution in [3.8, 4) is 11.5 Å². The summed E-state index contributed by atoms with van der Waals surface area (Å²) in [6.07, 6.45) is 1.76. The molecule has 0 spiro atoms. The first-order chi connectivity index (χ1) is 10.4. The van der Waals surface area contributed by atoms with Crippen LogP contribution in [-0.4, -0.2) is 17.0 Å². The zero-order valence-corrected chi connectivity index (χ0v) is 11.2. The topological polar surface area (TPSA) is 56.3 Å². The summed E-state index contributed by atoms with van der Waals surface area (Å²) < 4.78 is 10.9. The Morgan fingerprint density at radius 3 is 3.00 bits per heavy atom. The zero-order chi connectivity index (χ0) is 14.1. The highest BCUT2D eigenvalue weighted by molar-refractivity contribution is 5.90. The molecule has 0 saturated carbocycles. The van der Waals surface area contributed by atoms with Crippen molar-refractivity contribution in [2.75, 3.05) is 12.1 Å². The van der Waals surface area contributed by atoms with Crippen LogP contribution in [0.3, 0.4) is 0 Å². The summed E-state index contributed by atoms with van der Waals surface area (Å²) in [4.78, 5) is 0. The standard InChI is InChI=1S/C16H13N3O2/c1-2-6-13-11(4-1)9-18-19-16(13)17-8-12-5-3-7-14-15(12)21-10-20-14/h1-7,9H,8,10H2,(H,17,19). The quantitative estimate of drug-likeness (QED) is 0.798. The van der Waals surface area contributed by atoms with E-state index in [1.807, 2.05) is 42.5 Å². The molecule has 3 aromatic rings. The van der Waals surface area contributed by atoms with E-state index in [4.69, 9.17) is 9.47 Å². The highest BCUT2D eigenvalue weighted by atomic mass is 16.7. The Morgan fingerprint density at radius 1 is 1.05 bits per heavy atom. The van der Waals surface area contributed by atoms with E-state index < -0.39 is 0 Å². The Hall–Kier alpha value is -2.82. The van der Waals surface area contributed by atoms with Crippen LogP contribution in [-0.2, 0) is 6.54 Å². The molecule has 0 amide bonds. The number of ether oxygens (including phenoxy) is 2. The van der Waals surface area contributed by atoms with Crippen LogP contribution in [0.2, 0.25) is 0 Å². The van der Waals surface area contributed by atoms with Gasteiger partial charge in [0.15, 0.2) is 17.3 Å². The van der Waals surface area contributed by atoms with Gasteiger partial charge in [0.2, 0.25) is 6.79 Å². The smallest absolute Gasteiger partial charge is 0.231 e. The summed E-state index contributed by atoms with van der Waals surface area (Å²) in [5.41, 5.74) is 1.04. The van der Waals surface area contributed by atoms with Gasteiger partial charge in [-0.05, 0) is 6.07 Å². The van der Waals surface area contributed by atoms with Crippen molar-refractivity contribution in [1.29, 1.82) is 0 Å². The molecule has 5 nitrogen and oxygen atoms in total. The monoisotopic (exact) mass is 279 g/mol. The Bertz CT molecular complexity index is 799. The van der Waals surface area contributed by atoms with Crippen molar-refractivity contribution in [3.05, 3.63) is 54.2 Å². The predicted octanol–water partition coefficient (Wildman–Crippen LogP) is 2.97. The van der Waals surface area contributed by atoms with Gasteiger partial charge in [-0.1, -0.05) is 36.4 Å². The highest BCUT2D eigenvalue weighted by Gasteiger charge is 2.17. The number of nitrogens with zero attached hydrogens (tertiary/aromatic N) is 2. The highest BCUT2D eigenvalue weighted by Crippen LogP contribution is 2.35. The molecule has 0 unspecified atom stereocenters. The fraction of sp³-hybridized carbons (Fsp3) is 0.125. The lowest BCUT2D eigenvalue weighted by molar-refractivity contribution is 0.173. The summed E-state index contributed by atoms with van der Waals surface area (Å²) in [5.74, 6) is 2.36. The van der Waals surface area contributed by atoms with E-state index >= 15 is 0 Å². The second-order valence-electron chi connectivity index (χ2n) is 4.78. The van der Waals surface area contributed by atoms with E-state index in [9.17, 15) is 0 Å². The van der Waals surface area contributed by atoms with Crippen LogP contribution in [0.15, 0.2) is 48.7 Å². The molecule has 0 atom stereocenters. The van der Waals surface area contributed by atoms with Crippen molar-refractivity contribution < 1.29 is 9.47 Å². The molecule has 104 valence electrons. The Morgan fingerprint density at radius 2 is 2.00 bits per heavy atom. The van der Waals surface area contributed by atoms with Crippen molar-refractivity contribution >= 4 is 16.6 Å². The van der Waals surface area contributed by atoms with Gasteiger partial charge in [0.1, 0.15) is 0 Å². The van der Waals surface area contributed by atoms with Gasteiger partial charge < -0.3 is 14.8 Å². The largest absolute Gasteiger partial charge is 0.454 e. The molecule has 0 fully saturated rings. The van der Waals surface area contributed by atoms with Gasteiger partial charge in [0.05, 0.1) is 6.20 Å². The molecule has 0 aliphatic carbocycles. The minimum absolute atomic E-state index is 0.278. The van der Waals surface area contributed by atoms with Crippen LogP contribution in [0.1, 0.15) is 5.56 Å². The van der Waals surface area contributed by atoms with E-state index in [0.29, 0.717) is 6.54 Å². The van der Waals surface area contributed by atoms with Crippen LogP contribution in [0.4, 0.5) is 5.82 Å². The molecule has 1 aliphatic heterocycles. The van der Waals surface area contributed by atoms with E-state index in [-0.39, 0.29) is 6.79 Å². The molecule has 4 rings (SSSR count). The molecule has 0 radical (unpaired) electrons. The van der Waals surface area contributed by atoms with Gasteiger partial charge in [-0.3, -0.25) is 0 Å². The van der Waals surface area contributed by atoms with Gasteiger partial charge in [-0.2, -0.15) is 5.10 Å². The summed E-state index contributed by atoms with van der Waals surface area (Å²) in [6, 6.07) is 13.9. The van der Waals surface area contributed by atoms with Crippen LogP contribution in [0, 0.1) is 0 Å². The minimum Gasteiger partial charge on any atom is -0.454 e. The normalized spacial score (nSPS) is 12.6. The van der Waals surface area contributed by atoms with E-state index in [2.05, 4.69) is 15.5 Å². The number of hydrogen-bond acceptors (Lipinski definition) is 5. The Kier molecular flexibility index (Phi) is 2.81. The van der Waals surface area contributed by atoms with E-state index in [1.54, 1.807) is 6.20 Å². The fourth-order valence-electron chi connectivity index (χ4n) is 2.47. The lowest BCUT2D eigenvalue weighted by atomic mass is 10.1. The molecule has 5 heteroatoms. The molecule has 2 aromatic carbocycles. The van der Waals surface area contributed by atoms with E-state index in [0.717, 1.165) is 33.7 Å². The number of hydrogen-bond donors (Lipinski definition) is 1. The van der Waals surface area contributed by atoms with Gasteiger partial charge in [-0.15, -0.1) is 5.10 Å². The first-order valence-electron chi connectivity index (χ1n) is 6.73. The van der Waals surface area contributed by atoms with Gasteiger partial charge in [-0.25, -0.2) is 0 Å². The maximum Gasteiger partial charge on any atom is 0.231 e. The maximum atomic E-state index is 5.51. The third-order valence-electron chi connectivity index (χ3n) is 3.49. The predicted molar refractivity (Wildman–Crippen MR) is 79.4 cm³/mol. The first kappa shape index (κ1) is 12.0. The van der Waals surface area contributed by atoms with Crippen molar-refractivity contribution in [2.45, 2.75) is 6.54 Å². The number of para-hydroxylation sites is 1. The SMILES string of the molecule is c1cc(CNc2nncc3ccccc23)c2c(c1)OCO2. The van der Waals surface area contributed by atoms with Crippen LogP contribution in [0.25, 0.3) is 10.8 Å². The minimum atomic E-state index is 0.278. The number of benzene rings is 2. The van der Waals surface area contributed by atoms with Crippen LogP contribution in [0.5, 0.6) is 11.5 Å². The molecule has 2 heterocycles. The van der Waals surface area contributed by atoms with Gasteiger partial charge >= 0.3 is 0 Å². The molecule has 1 N–H and O–H groups in total. The molecule has 1 aliphatic rings. The van der Waals surface area contributed by atoms with Crippen molar-refractivity contribution in [2.24, 2.45) is 0 Å². The summed E-state index contributed by atoms with van der Waals surface area (Å²) >= 11 is 0. The maximum absolute atomic E-state index is 5.51. The number of nitrogens with one attached hydrogen (secondary N) is 1. The summed E-state index contributed by atoms with van der Waals surface area (Å²) in [6.45, 7) is 0.885. The number of aromatic nitrogens is 2. The average molecular weight is 279 g/mol. The average Bonchev–Trinajstić information content (AvgIpc) is 3.02. The molecule has 0 saturated heterocycles. The first-order valence-corrected chi connectivity index (χ1v) is 6.73. The van der Waals surface area contributed by atoms with Gasteiger partial charge in [0, 0.05) is 22.9 Å². The van der Waals surface area contributed by atoms with Crippen LogP contribution >= 0.6 is 0 Å². The fourth-order valence-corrected chi connectivity index (χ4v) is 2.47. The third kappa shape index (κ3) is 2.12. The molecule has 21 heavy (non-hydrogen) atoms. The number of anilines is 1. The number of fused-ring (bicyclic) bond motifs is 2. The lowest BCUT2D eigenvalue weighted by Gasteiger charge is -2.09. The Balaban J connectivity index is 1.63. The van der Waals surface area contributed by atoms with Crippen molar-refractivity contribution in [3.63, 3.8) is 0 Å². The van der Waals surface area contributed by atoms with Gasteiger partial charge in [0.25, 0.3) is 0 Å². The lowest BCUT2D eigenvalue weighted by Crippen LogP contribution is -2.04. The third-order valence-corrected chi connectivity index (χ3v) is 3.49. The second kappa shape index (κ2) is 4.94. The van der Waals surface area contributed by atoms with Crippen LogP contribution < -0.4 is 14.8 Å². The summed E-state index contributed by atoms with van der Waals surface area (Å²) in [7, 11) is 0.